The zero-order valence-corrected chi connectivity index (χ0v) is 17.8. The number of hydrogen-bond acceptors (Lipinski definition) is 4. The number of hydrogen-bond donors (Lipinski definition) is 3. The molecule has 0 aromatic heterocycles. The molecular formula is C19H23BrN2O4S. The molecule has 0 saturated heterocycles. The van der Waals surface area contributed by atoms with Gasteiger partial charge in [0.05, 0.1) is 10.6 Å². The number of rotatable bonds is 6. The Kier molecular flexibility index (Phi) is 6.67. The lowest BCUT2D eigenvalue weighted by Gasteiger charge is -2.19. The van der Waals surface area contributed by atoms with Crippen LogP contribution in [0, 0.1) is 0 Å². The number of aromatic hydroxyl groups is 1. The molecule has 8 heteroatoms. The first kappa shape index (κ1) is 21.4. The molecule has 2 aromatic rings. The van der Waals surface area contributed by atoms with Crippen molar-refractivity contribution in [1.29, 1.82) is 0 Å². The molecule has 0 heterocycles. The monoisotopic (exact) mass is 454 g/mol. The fourth-order valence-corrected chi connectivity index (χ4v) is 3.72. The molecule has 3 N–H and O–H groups in total. The number of benzene rings is 2. The number of phenolic OH excluding ortho intramolecular Hbond substituents is 1. The van der Waals surface area contributed by atoms with E-state index in [9.17, 15) is 18.3 Å². The van der Waals surface area contributed by atoms with E-state index in [-0.39, 0.29) is 34.7 Å². The minimum Gasteiger partial charge on any atom is -0.506 e. The molecule has 0 radical (unpaired) electrons. The van der Waals surface area contributed by atoms with Crippen molar-refractivity contribution in [1.82, 2.24) is 4.72 Å². The molecule has 0 fully saturated rings. The molecule has 1 amide bonds. The topological polar surface area (TPSA) is 95.5 Å². The fraction of sp³-hybridized carbons (Fsp3) is 0.316. The molecule has 27 heavy (non-hydrogen) atoms. The van der Waals surface area contributed by atoms with Gasteiger partial charge in [0.15, 0.2) is 0 Å². The summed E-state index contributed by atoms with van der Waals surface area (Å²) in [6, 6.07) is 11.4. The highest BCUT2D eigenvalue weighted by atomic mass is 79.9. The van der Waals surface area contributed by atoms with E-state index in [4.69, 9.17) is 0 Å². The quantitative estimate of drug-likeness (QED) is 0.578. The van der Waals surface area contributed by atoms with Crippen LogP contribution in [0.4, 0.5) is 5.69 Å². The molecule has 0 aliphatic heterocycles. The normalized spacial score (nSPS) is 12.0. The van der Waals surface area contributed by atoms with Gasteiger partial charge in [0.25, 0.3) is 0 Å². The summed E-state index contributed by atoms with van der Waals surface area (Å²) >= 11 is 3.21. The molecule has 0 unspecified atom stereocenters. The zero-order chi connectivity index (χ0) is 20.2. The highest BCUT2D eigenvalue weighted by Gasteiger charge is 2.17. The predicted molar refractivity (Wildman–Crippen MR) is 109 cm³/mol. The van der Waals surface area contributed by atoms with Crippen molar-refractivity contribution in [2.24, 2.45) is 0 Å². The van der Waals surface area contributed by atoms with E-state index in [0.29, 0.717) is 4.47 Å². The summed E-state index contributed by atoms with van der Waals surface area (Å²) in [4.78, 5) is 12.1. The molecule has 0 spiro atoms. The van der Waals surface area contributed by atoms with Gasteiger partial charge in [-0.05, 0) is 41.3 Å². The van der Waals surface area contributed by atoms with E-state index >= 15 is 0 Å². The van der Waals surface area contributed by atoms with Crippen molar-refractivity contribution >= 4 is 37.5 Å². The molecule has 2 rings (SSSR count). The van der Waals surface area contributed by atoms with Gasteiger partial charge >= 0.3 is 0 Å². The second kappa shape index (κ2) is 8.41. The van der Waals surface area contributed by atoms with E-state index in [1.165, 1.54) is 6.07 Å². The molecule has 0 atom stereocenters. The van der Waals surface area contributed by atoms with E-state index in [1.807, 2.05) is 0 Å². The van der Waals surface area contributed by atoms with Crippen LogP contribution in [0.25, 0.3) is 0 Å². The van der Waals surface area contributed by atoms with E-state index in [1.54, 1.807) is 36.4 Å². The lowest BCUT2D eigenvalue weighted by atomic mass is 9.87. The van der Waals surface area contributed by atoms with Crippen LogP contribution in [0.3, 0.4) is 0 Å². The number of nitrogens with one attached hydrogen (secondary N) is 2. The van der Waals surface area contributed by atoms with Crippen LogP contribution < -0.4 is 10.0 Å². The Hall–Kier alpha value is -1.90. The Bertz CT molecular complexity index is 920. The van der Waals surface area contributed by atoms with E-state index in [2.05, 4.69) is 46.7 Å². The summed E-state index contributed by atoms with van der Waals surface area (Å²) in [7, 11) is -3.69. The SMILES string of the molecule is CC(C)(C)c1ccc(S(=O)(=O)NCCC(=O)Nc2ccc(Br)cc2O)cc1. The summed E-state index contributed by atoms with van der Waals surface area (Å²) in [5, 5.41) is 12.3. The fourth-order valence-electron chi connectivity index (χ4n) is 2.34. The van der Waals surface area contributed by atoms with Gasteiger partial charge < -0.3 is 10.4 Å². The second-order valence-electron chi connectivity index (χ2n) is 7.13. The van der Waals surface area contributed by atoms with Crippen LogP contribution in [0.1, 0.15) is 32.8 Å². The first-order chi connectivity index (χ1) is 12.5. The summed E-state index contributed by atoms with van der Waals surface area (Å²) in [6.07, 6.45) is -0.0607. The van der Waals surface area contributed by atoms with Crippen LogP contribution in [0.15, 0.2) is 51.8 Å². The molecule has 0 aliphatic rings. The van der Waals surface area contributed by atoms with Gasteiger partial charge in [0, 0.05) is 17.4 Å². The minimum atomic E-state index is -3.69. The van der Waals surface area contributed by atoms with Crippen LogP contribution in [0.2, 0.25) is 0 Å². The van der Waals surface area contributed by atoms with Gasteiger partial charge in [-0.1, -0.05) is 48.8 Å². The number of amides is 1. The third-order valence-corrected chi connectivity index (χ3v) is 5.88. The summed E-state index contributed by atoms with van der Waals surface area (Å²) in [5.41, 5.74) is 1.24. The molecular weight excluding hydrogens is 432 g/mol. The maximum Gasteiger partial charge on any atom is 0.240 e. The maximum absolute atomic E-state index is 12.3. The van der Waals surface area contributed by atoms with Crippen LogP contribution in [0.5, 0.6) is 5.75 Å². The van der Waals surface area contributed by atoms with Crippen molar-refractivity contribution in [3.63, 3.8) is 0 Å². The third kappa shape index (κ3) is 6.05. The van der Waals surface area contributed by atoms with Crippen molar-refractivity contribution in [2.45, 2.75) is 37.5 Å². The maximum atomic E-state index is 12.3. The van der Waals surface area contributed by atoms with Gasteiger partial charge in [-0.2, -0.15) is 0 Å². The van der Waals surface area contributed by atoms with Crippen molar-refractivity contribution in [3.8, 4) is 5.75 Å². The molecule has 0 saturated carbocycles. The van der Waals surface area contributed by atoms with Gasteiger partial charge in [-0.25, -0.2) is 13.1 Å². The highest BCUT2D eigenvalue weighted by molar-refractivity contribution is 9.10. The highest BCUT2D eigenvalue weighted by Crippen LogP contribution is 2.27. The molecule has 0 aliphatic carbocycles. The lowest BCUT2D eigenvalue weighted by molar-refractivity contribution is -0.116. The third-order valence-electron chi connectivity index (χ3n) is 3.91. The van der Waals surface area contributed by atoms with Crippen molar-refractivity contribution in [3.05, 3.63) is 52.5 Å². The average molecular weight is 455 g/mol. The predicted octanol–water partition coefficient (Wildman–Crippen LogP) is 3.76. The largest absolute Gasteiger partial charge is 0.506 e. The Balaban J connectivity index is 1.92. The smallest absolute Gasteiger partial charge is 0.240 e. The number of sulfonamides is 1. The Morgan fingerprint density at radius 2 is 1.74 bits per heavy atom. The average Bonchev–Trinajstić information content (AvgIpc) is 2.56. The minimum absolute atomic E-state index is 0.0491. The zero-order valence-electron chi connectivity index (χ0n) is 15.4. The number of halogens is 1. The standard InChI is InChI=1S/C19H23BrN2O4S/c1-19(2,3)13-4-7-15(8-5-13)27(25,26)21-11-10-18(24)22-16-9-6-14(20)12-17(16)23/h4-9,12,21,23H,10-11H2,1-3H3,(H,22,24). The number of carbonyl (C=O) groups excluding carboxylic acids is 1. The summed E-state index contributed by atoms with van der Waals surface area (Å²) < 4.78 is 27.8. The second-order valence-corrected chi connectivity index (χ2v) is 9.81. The number of phenols is 1. The van der Waals surface area contributed by atoms with Gasteiger partial charge in [0.1, 0.15) is 5.75 Å². The Morgan fingerprint density at radius 1 is 1.11 bits per heavy atom. The number of carbonyl (C=O) groups is 1. The van der Waals surface area contributed by atoms with Crippen molar-refractivity contribution < 1.29 is 18.3 Å². The Morgan fingerprint density at radius 3 is 2.30 bits per heavy atom. The van der Waals surface area contributed by atoms with Crippen LogP contribution in [-0.4, -0.2) is 26.0 Å². The van der Waals surface area contributed by atoms with Crippen LogP contribution in [-0.2, 0) is 20.2 Å². The van der Waals surface area contributed by atoms with Gasteiger partial charge in [0.2, 0.25) is 15.9 Å². The van der Waals surface area contributed by atoms with Gasteiger partial charge in [-0.3, -0.25) is 4.79 Å². The van der Waals surface area contributed by atoms with Crippen LogP contribution >= 0.6 is 15.9 Å². The lowest BCUT2D eigenvalue weighted by Crippen LogP contribution is -2.28. The molecule has 146 valence electrons. The molecule has 0 bridgehead atoms. The first-order valence-electron chi connectivity index (χ1n) is 8.37. The van der Waals surface area contributed by atoms with Crippen molar-refractivity contribution in [2.75, 3.05) is 11.9 Å². The first-order valence-corrected chi connectivity index (χ1v) is 10.7. The molecule has 2 aromatic carbocycles. The summed E-state index contributed by atoms with van der Waals surface area (Å²) in [6.45, 7) is 6.11. The molecule has 6 nitrogen and oxygen atoms in total. The van der Waals surface area contributed by atoms with Gasteiger partial charge in [-0.15, -0.1) is 0 Å². The van der Waals surface area contributed by atoms with E-state index < -0.39 is 15.9 Å². The summed E-state index contributed by atoms with van der Waals surface area (Å²) in [5.74, 6) is -0.476. The number of anilines is 1. The van der Waals surface area contributed by atoms with E-state index in [0.717, 1.165) is 5.56 Å². The Labute approximate surface area is 168 Å².